The van der Waals surface area contributed by atoms with E-state index in [1.165, 1.54) is 0 Å². The Morgan fingerprint density at radius 2 is 2.00 bits per heavy atom. The highest BCUT2D eigenvalue weighted by Crippen LogP contribution is 2.28. The molecule has 2 aromatic rings. The molecule has 3 rings (SSSR count). The van der Waals surface area contributed by atoms with Gasteiger partial charge in [-0.25, -0.2) is 4.99 Å². The molecule has 0 atom stereocenters. The molecule has 1 aliphatic rings. The zero-order valence-corrected chi connectivity index (χ0v) is 14.5. The summed E-state index contributed by atoms with van der Waals surface area (Å²) in [4.78, 5) is 4.58. The summed E-state index contributed by atoms with van der Waals surface area (Å²) in [5.74, 6) is 0.606. The lowest BCUT2D eigenvalue weighted by molar-refractivity contribution is -0.439. The molecule has 0 amide bonds. The van der Waals surface area contributed by atoms with Gasteiger partial charge in [0, 0.05) is 17.1 Å². The number of rotatable bonds is 3. The van der Waals surface area contributed by atoms with E-state index in [2.05, 4.69) is 16.9 Å². The highest BCUT2D eigenvalue weighted by Gasteiger charge is 2.24. The van der Waals surface area contributed by atoms with Crippen LogP contribution < -0.4 is 5.32 Å². The van der Waals surface area contributed by atoms with Crippen LogP contribution in [0, 0.1) is 5.21 Å². The molecule has 0 radical (unpaired) electrons. The Morgan fingerprint density at radius 3 is 2.71 bits per heavy atom. The largest absolute Gasteiger partial charge is 0.623 e. The van der Waals surface area contributed by atoms with Gasteiger partial charge in [-0.05, 0) is 30.3 Å². The van der Waals surface area contributed by atoms with Crippen LogP contribution in [0.4, 0.5) is 5.69 Å². The van der Waals surface area contributed by atoms with E-state index in [1.54, 1.807) is 18.2 Å². The van der Waals surface area contributed by atoms with Crippen molar-refractivity contribution in [1.82, 2.24) is 5.32 Å². The Morgan fingerprint density at radius 1 is 1.25 bits per heavy atom. The minimum Gasteiger partial charge on any atom is -0.623 e. The summed E-state index contributed by atoms with van der Waals surface area (Å²) in [6.45, 7) is 4.37. The van der Waals surface area contributed by atoms with Crippen LogP contribution in [0.2, 0.25) is 5.02 Å². The van der Waals surface area contributed by atoms with Gasteiger partial charge in [0.2, 0.25) is 12.3 Å². The maximum Gasteiger partial charge on any atom is 0.228 e. The predicted molar refractivity (Wildman–Crippen MR) is 102 cm³/mol. The van der Waals surface area contributed by atoms with Gasteiger partial charge in [0.1, 0.15) is 0 Å². The van der Waals surface area contributed by atoms with Crippen LogP contribution in [-0.2, 0) is 0 Å². The molecule has 1 N–H and O–H groups in total. The monoisotopic (exact) mass is 361 g/mol. The van der Waals surface area contributed by atoms with Crippen LogP contribution in [0.25, 0.3) is 0 Å². The lowest BCUT2D eigenvalue weighted by Gasteiger charge is -2.11. The molecule has 1 aliphatic heterocycles. The van der Waals surface area contributed by atoms with Gasteiger partial charge in [-0.1, -0.05) is 35.9 Å². The van der Waals surface area contributed by atoms with Crippen molar-refractivity contribution in [2.45, 2.75) is 0 Å². The summed E-state index contributed by atoms with van der Waals surface area (Å²) in [7, 11) is 0. The van der Waals surface area contributed by atoms with Crippen molar-refractivity contribution in [3.63, 3.8) is 0 Å². The number of hydroxylamine groups is 1. The summed E-state index contributed by atoms with van der Waals surface area (Å²) < 4.78 is 0.951. The van der Waals surface area contributed by atoms with Crippen molar-refractivity contribution in [2.24, 2.45) is 4.99 Å². The summed E-state index contributed by atoms with van der Waals surface area (Å²) in [6, 6.07) is 14.9. The van der Waals surface area contributed by atoms with Gasteiger partial charge in [-0.3, -0.25) is 0 Å². The van der Waals surface area contributed by atoms with Gasteiger partial charge in [0.15, 0.2) is 5.84 Å². The summed E-state index contributed by atoms with van der Waals surface area (Å²) in [5, 5.41) is 16.4. The maximum atomic E-state index is 12.8. The smallest absolute Gasteiger partial charge is 0.228 e. The van der Waals surface area contributed by atoms with Gasteiger partial charge >= 0.3 is 0 Å². The second kappa shape index (κ2) is 7.99. The van der Waals surface area contributed by atoms with Gasteiger partial charge in [-0.2, -0.15) is 4.74 Å². The Balaban J connectivity index is 0.00000208. The number of halogens is 2. The Bertz CT molecular complexity index is 801. The molecule has 0 unspecified atom stereocenters. The van der Waals surface area contributed by atoms with E-state index in [0.717, 1.165) is 21.6 Å². The van der Waals surface area contributed by atoms with E-state index in [9.17, 15) is 5.21 Å². The fraction of sp³-hybridized carbons (Fsp3) is 0.111. The van der Waals surface area contributed by atoms with E-state index in [1.807, 2.05) is 36.4 Å². The molecule has 4 nitrogen and oxygen atoms in total. The summed E-state index contributed by atoms with van der Waals surface area (Å²) in [5.41, 5.74) is 2.86. The third-order valence-corrected chi connectivity index (χ3v) is 3.74. The molecular weight excluding hydrogens is 345 g/mol. The molecule has 0 saturated carbocycles. The zero-order valence-electron chi connectivity index (χ0n) is 12.9. The molecule has 0 aliphatic carbocycles. The first kappa shape index (κ1) is 18.0. The number of fused-ring (bicyclic) bond motifs is 1. The first-order chi connectivity index (χ1) is 11.2. The van der Waals surface area contributed by atoms with Gasteiger partial charge < -0.3 is 10.5 Å². The van der Waals surface area contributed by atoms with Gasteiger partial charge in [0.05, 0.1) is 11.3 Å². The van der Waals surface area contributed by atoms with Crippen LogP contribution in [0.15, 0.2) is 66.2 Å². The molecular formula is C18H17Cl2N3O. The number of benzene rings is 2. The van der Waals surface area contributed by atoms with Gasteiger partial charge in [-0.15, -0.1) is 19.0 Å². The van der Waals surface area contributed by atoms with Crippen molar-refractivity contribution in [1.29, 1.82) is 0 Å². The quantitative estimate of drug-likeness (QED) is 0.511. The Labute approximate surface area is 152 Å². The lowest BCUT2D eigenvalue weighted by Crippen LogP contribution is -2.32. The molecule has 124 valence electrons. The molecule has 0 spiro atoms. The topological polar surface area (TPSA) is 50.5 Å². The van der Waals surface area contributed by atoms with Crippen LogP contribution in [0.5, 0.6) is 0 Å². The van der Waals surface area contributed by atoms with E-state index in [-0.39, 0.29) is 19.0 Å². The molecule has 0 bridgehead atoms. The van der Waals surface area contributed by atoms with Crippen molar-refractivity contribution in [2.75, 3.05) is 13.1 Å². The minimum atomic E-state index is 0. The van der Waals surface area contributed by atoms with Crippen molar-refractivity contribution in [3.05, 3.63) is 82.5 Å². The van der Waals surface area contributed by atoms with Gasteiger partial charge in [0.25, 0.3) is 0 Å². The van der Waals surface area contributed by atoms with E-state index < -0.39 is 0 Å². The fourth-order valence-electron chi connectivity index (χ4n) is 2.51. The normalized spacial score (nSPS) is 13.3. The van der Waals surface area contributed by atoms with E-state index in [4.69, 9.17) is 11.6 Å². The summed E-state index contributed by atoms with van der Waals surface area (Å²) in [6.07, 6.45) is 1.73. The van der Waals surface area contributed by atoms with Crippen LogP contribution in [-0.4, -0.2) is 29.4 Å². The third kappa shape index (κ3) is 3.78. The predicted octanol–water partition coefficient (Wildman–Crippen LogP) is 3.93. The molecule has 6 heteroatoms. The number of nitrogens with zero attached hydrogens (tertiary/aromatic N) is 2. The SMILES string of the molecule is C=CCNC1=Nc2ccc(Cl)cc2C(c2ccccc2)=[N+]([O-])C1.Cl. The third-order valence-electron chi connectivity index (χ3n) is 3.51. The average Bonchev–Trinajstić information content (AvgIpc) is 2.69. The molecule has 0 fully saturated rings. The molecule has 24 heavy (non-hydrogen) atoms. The first-order valence-corrected chi connectivity index (χ1v) is 7.66. The first-order valence-electron chi connectivity index (χ1n) is 7.28. The second-order valence-electron chi connectivity index (χ2n) is 5.14. The lowest BCUT2D eigenvalue weighted by atomic mass is 10.0. The standard InChI is InChI=1S/C18H16ClN3O.ClH/c1-2-10-20-17-12-22(23)18(13-6-4-3-5-7-13)15-11-14(19)8-9-16(15)21-17;/h2-9,11H,1,10,12H2,(H,20,21);1H. The highest BCUT2D eigenvalue weighted by molar-refractivity contribution is 6.31. The fourth-order valence-corrected chi connectivity index (χ4v) is 2.68. The van der Waals surface area contributed by atoms with E-state index >= 15 is 0 Å². The van der Waals surface area contributed by atoms with E-state index in [0.29, 0.717) is 23.1 Å². The minimum absolute atomic E-state index is 0. The van der Waals surface area contributed by atoms with Crippen LogP contribution in [0.1, 0.15) is 11.1 Å². The van der Waals surface area contributed by atoms with Crippen LogP contribution in [0.3, 0.4) is 0 Å². The molecule has 0 aromatic heterocycles. The van der Waals surface area contributed by atoms with Crippen LogP contribution >= 0.6 is 24.0 Å². The molecule has 0 saturated heterocycles. The van der Waals surface area contributed by atoms with Crippen molar-refractivity contribution in [3.8, 4) is 0 Å². The number of hydrogen-bond donors (Lipinski definition) is 1. The molecule has 2 aromatic carbocycles. The average molecular weight is 362 g/mol. The zero-order chi connectivity index (χ0) is 16.2. The second-order valence-corrected chi connectivity index (χ2v) is 5.58. The number of aliphatic imine (C=N–C) groups is 1. The number of nitrogens with one attached hydrogen (secondary N) is 1. The maximum absolute atomic E-state index is 12.8. The van der Waals surface area contributed by atoms with Crippen molar-refractivity contribution >= 4 is 41.2 Å². The summed E-state index contributed by atoms with van der Waals surface area (Å²) >= 11 is 6.14. The number of amidine groups is 1. The molecule has 1 heterocycles. The highest BCUT2D eigenvalue weighted by atomic mass is 35.5. The Hall–Kier alpha value is -2.30. The number of hydrogen-bond acceptors (Lipinski definition) is 3. The Kier molecular flexibility index (Phi) is 6.01. The van der Waals surface area contributed by atoms with Crippen molar-refractivity contribution < 1.29 is 4.74 Å².